The fourth-order valence-corrected chi connectivity index (χ4v) is 2.30. The van der Waals surface area contributed by atoms with Crippen molar-refractivity contribution in [2.45, 2.75) is 26.4 Å². The Morgan fingerprint density at radius 2 is 2.00 bits per heavy atom. The van der Waals surface area contributed by atoms with E-state index in [4.69, 9.17) is 0 Å². The van der Waals surface area contributed by atoms with Crippen LogP contribution >= 0.6 is 11.3 Å². The number of anilines is 1. The molecule has 0 bridgehead atoms. The van der Waals surface area contributed by atoms with Gasteiger partial charge in [-0.05, 0) is 37.4 Å². The molecule has 0 aliphatic rings. The average Bonchev–Trinajstić information content (AvgIpc) is 2.91. The summed E-state index contributed by atoms with van der Waals surface area (Å²) < 4.78 is 0. The fourth-order valence-electron chi connectivity index (χ4n) is 1.65. The molecule has 1 unspecified atom stereocenters. The maximum absolute atomic E-state index is 12.0. The van der Waals surface area contributed by atoms with Gasteiger partial charge in [0.2, 0.25) is 5.91 Å². The molecule has 0 aliphatic heterocycles. The van der Waals surface area contributed by atoms with Crippen LogP contribution in [0.1, 0.15) is 17.4 Å². The highest BCUT2D eigenvalue weighted by atomic mass is 32.1. The summed E-state index contributed by atoms with van der Waals surface area (Å²) in [4.78, 5) is 13.2. The topological polar surface area (TPSA) is 41.1 Å². The Hall–Kier alpha value is -1.65. The number of benzene rings is 1. The highest BCUT2D eigenvalue weighted by Gasteiger charge is 2.12. The second-order valence-corrected chi connectivity index (χ2v) is 5.57. The van der Waals surface area contributed by atoms with Crippen molar-refractivity contribution in [3.63, 3.8) is 0 Å². The van der Waals surface area contributed by atoms with Gasteiger partial charge in [-0.3, -0.25) is 4.79 Å². The van der Waals surface area contributed by atoms with Gasteiger partial charge in [0, 0.05) is 17.1 Å². The van der Waals surface area contributed by atoms with Crippen LogP contribution in [0.25, 0.3) is 0 Å². The lowest BCUT2D eigenvalue weighted by Crippen LogP contribution is -2.37. The van der Waals surface area contributed by atoms with Gasteiger partial charge in [-0.1, -0.05) is 23.8 Å². The first-order valence-corrected chi connectivity index (χ1v) is 7.16. The summed E-state index contributed by atoms with van der Waals surface area (Å²) >= 11 is 1.69. The summed E-state index contributed by atoms with van der Waals surface area (Å²) in [7, 11) is 0. The third-order valence-corrected chi connectivity index (χ3v) is 3.75. The van der Waals surface area contributed by atoms with Crippen LogP contribution in [0.5, 0.6) is 0 Å². The summed E-state index contributed by atoms with van der Waals surface area (Å²) in [5.41, 5.74) is 2.02. The third-order valence-electron chi connectivity index (χ3n) is 2.87. The van der Waals surface area contributed by atoms with E-state index in [1.165, 1.54) is 10.4 Å². The van der Waals surface area contributed by atoms with E-state index in [9.17, 15) is 4.79 Å². The molecule has 0 spiro atoms. The van der Waals surface area contributed by atoms with Crippen LogP contribution < -0.4 is 10.6 Å². The Labute approximate surface area is 117 Å². The molecule has 19 heavy (non-hydrogen) atoms. The van der Waals surface area contributed by atoms with Crippen molar-refractivity contribution >= 4 is 22.9 Å². The molecule has 1 atom stereocenters. The van der Waals surface area contributed by atoms with E-state index in [-0.39, 0.29) is 11.9 Å². The van der Waals surface area contributed by atoms with Crippen molar-refractivity contribution in [3.8, 4) is 0 Å². The van der Waals surface area contributed by atoms with E-state index in [0.29, 0.717) is 0 Å². The van der Waals surface area contributed by atoms with Crippen LogP contribution in [-0.4, -0.2) is 11.9 Å². The first kappa shape index (κ1) is 13.8. The second-order valence-electron chi connectivity index (χ2n) is 4.54. The van der Waals surface area contributed by atoms with Crippen LogP contribution in [0.3, 0.4) is 0 Å². The molecule has 0 saturated heterocycles. The van der Waals surface area contributed by atoms with E-state index in [2.05, 4.69) is 16.7 Å². The number of hydrogen-bond acceptors (Lipinski definition) is 3. The molecule has 0 saturated carbocycles. The monoisotopic (exact) mass is 274 g/mol. The molecule has 100 valence electrons. The van der Waals surface area contributed by atoms with E-state index < -0.39 is 0 Å². The van der Waals surface area contributed by atoms with E-state index >= 15 is 0 Å². The van der Waals surface area contributed by atoms with Gasteiger partial charge in [-0.25, -0.2) is 0 Å². The molecular weight excluding hydrogens is 256 g/mol. The van der Waals surface area contributed by atoms with E-state index in [1.54, 1.807) is 11.3 Å². The summed E-state index contributed by atoms with van der Waals surface area (Å²) in [5, 5.41) is 8.15. The van der Waals surface area contributed by atoms with Crippen molar-refractivity contribution in [3.05, 3.63) is 52.2 Å². The molecule has 0 radical (unpaired) electrons. The standard InChI is InChI=1S/C15H18N2OS/c1-11-5-7-13(8-6-11)17-15(18)12(2)16-10-14-4-3-9-19-14/h3-9,12,16H,10H2,1-2H3,(H,17,18). The van der Waals surface area contributed by atoms with Gasteiger partial charge < -0.3 is 10.6 Å². The number of carbonyl (C=O) groups excluding carboxylic acids is 1. The van der Waals surface area contributed by atoms with Gasteiger partial charge in [-0.2, -0.15) is 0 Å². The van der Waals surface area contributed by atoms with Gasteiger partial charge in [0.1, 0.15) is 0 Å². The molecule has 0 fully saturated rings. The fraction of sp³-hybridized carbons (Fsp3) is 0.267. The molecule has 2 N–H and O–H groups in total. The maximum atomic E-state index is 12.0. The molecule has 2 rings (SSSR count). The minimum atomic E-state index is -0.219. The van der Waals surface area contributed by atoms with Crippen LogP contribution in [0, 0.1) is 6.92 Å². The highest BCUT2D eigenvalue weighted by molar-refractivity contribution is 7.09. The SMILES string of the molecule is Cc1ccc(NC(=O)C(C)NCc2cccs2)cc1. The quantitative estimate of drug-likeness (QED) is 0.879. The summed E-state index contributed by atoms with van der Waals surface area (Å²) in [5.74, 6) is -0.0135. The zero-order chi connectivity index (χ0) is 13.7. The number of carbonyl (C=O) groups is 1. The van der Waals surface area contributed by atoms with Crippen molar-refractivity contribution in [1.82, 2.24) is 5.32 Å². The van der Waals surface area contributed by atoms with E-state index in [1.807, 2.05) is 49.6 Å². The normalized spacial score (nSPS) is 12.1. The minimum Gasteiger partial charge on any atom is -0.325 e. The number of thiophene rings is 1. The summed E-state index contributed by atoms with van der Waals surface area (Å²) in [6.45, 7) is 4.62. The molecule has 2 aromatic rings. The maximum Gasteiger partial charge on any atom is 0.241 e. The van der Waals surface area contributed by atoms with Gasteiger partial charge in [-0.15, -0.1) is 11.3 Å². The van der Waals surface area contributed by atoms with Gasteiger partial charge in [0.25, 0.3) is 0 Å². The zero-order valence-electron chi connectivity index (χ0n) is 11.1. The van der Waals surface area contributed by atoms with Crippen molar-refractivity contribution in [1.29, 1.82) is 0 Å². The number of rotatable bonds is 5. The van der Waals surface area contributed by atoms with Gasteiger partial charge in [0.15, 0.2) is 0 Å². The minimum absolute atomic E-state index is 0.0135. The number of hydrogen-bond donors (Lipinski definition) is 2. The first-order chi connectivity index (χ1) is 9.15. The molecule has 3 nitrogen and oxygen atoms in total. The third kappa shape index (κ3) is 4.19. The lowest BCUT2D eigenvalue weighted by molar-refractivity contribution is -0.117. The Morgan fingerprint density at radius 1 is 1.26 bits per heavy atom. The predicted octanol–water partition coefficient (Wildman–Crippen LogP) is 3.17. The number of amides is 1. The molecule has 1 aromatic heterocycles. The highest BCUT2D eigenvalue weighted by Crippen LogP contribution is 2.10. The van der Waals surface area contributed by atoms with Crippen molar-refractivity contribution < 1.29 is 4.79 Å². The average molecular weight is 274 g/mol. The Kier molecular flexibility index (Phi) is 4.71. The predicted molar refractivity (Wildman–Crippen MR) is 80.4 cm³/mol. The number of aryl methyl sites for hydroxylation is 1. The molecule has 4 heteroatoms. The Bertz CT molecular complexity index is 520. The van der Waals surface area contributed by atoms with Gasteiger partial charge >= 0.3 is 0 Å². The number of nitrogens with one attached hydrogen (secondary N) is 2. The smallest absolute Gasteiger partial charge is 0.241 e. The largest absolute Gasteiger partial charge is 0.325 e. The van der Waals surface area contributed by atoms with Crippen LogP contribution in [0.2, 0.25) is 0 Å². The van der Waals surface area contributed by atoms with Crippen LogP contribution in [0.4, 0.5) is 5.69 Å². The summed E-state index contributed by atoms with van der Waals surface area (Å²) in [6, 6.07) is 11.7. The van der Waals surface area contributed by atoms with Crippen molar-refractivity contribution in [2.75, 3.05) is 5.32 Å². The summed E-state index contributed by atoms with van der Waals surface area (Å²) in [6.07, 6.45) is 0. The second kappa shape index (κ2) is 6.50. The Balaban J connectivity index is 1.83. The molecule has 1 heterocycles. The Morgan fingerprint density at radius 3 is 2.63 bits per heavy atom. The van der Waals surface area contributed by atoms with Gasteiger partial charge in [0.05, 0.1) is 6.04 Å². The first-order valence-electron chi connectivity index (χ1n) is 6.28. The van der Waals surface area contributed by atoms with E-state index in [0.717, 1.165) is 12.2 Å². The van der Waals surface area contributed by atoms with Crippen LogP contribution in [-0.2, 0) is 11.3 Å². The zero-order valence-corrected chi connectivity index (χ0v) is 12.0. The van der Waals surface area contributed by atoms with Crippen molar-refractivity contribution in [2.24, 2.45) is 0 Å². The molecular formula is C15H18N2OS. The molecule has 0 aliphatic carbocycles. The molecule has 1 aromatic carbocycles. The molecule has 1 amide bonds. The lowest BCUT2D eigenvalue weighted by Gasteiger charge is -2.13. The van der Waals surface area contributed by atoms with Crippen LogP contribution in [0.15, 0.2) is 41.8 Å². The lowest BCUT2D eigenvalue weighted by atomic mass is 10.2.